The van der Waals surface area contributed by atoms with Crippen molar-refractivity contribution in [2.24, 2.45) is 7.05 Å². The van der Waals surface area contributed by atoms with E-state index in [4.69, 9.17) is 0 Å². The van der Waals surface area contributed by atoms with Crippen molar-refractivity contribution in [1.29, 1.82) is 0 Å². The van der Waals surface area contributed by atoms with Crippen LogP contribution in [0.15, 0.2) is 6.33 Å². The standard InChI is InChI=1S/C13H23N5O/c1-13(2,18-8-4-5-9-18)12(19)14-7-6-11-15-10-16-17(11)3/h10H,4-9H2,1-3H3,(H,14,19). The predicted molar refractivity (Wildman–Crippen MR) is 72.6 cm³/mol. The lowest BCUT2D eigenvalue weighted by atomic mass is 10.0. The molecule has 19 heavy (non-hydrogen) atoms. The van der Waals surface area contributed by atoms with Crippen LogP contribution in [0.1, 0.15) is 32.5 Å². The van der Waals surface area contributed by atoms with Gasteiger partial charge in [-0.15, -0.1) is 0 Å². The molecule has 106 valence electrons. The van der Waals surface area contributed by atoms with E-state index in [1.54, 1.807) is 4.68 Å². The van der Waals surface area contributed by atoms with E-state index >= 15 is 0 Å². The normalized spacial score (nSPS) is 16.8. The molecule has 0 atom stereocenters. The summed E-state index contributed by atoms with van der Waals surface area (Å²) in [4.78, 5) is 18.7. The molecule has 6 heteroatoms. The zero-order valence-electron chi connectivity index (χ0n) is 12.0. The molecule has 2 rings (SSSR count). The molecule has 1 saturated heterocycles. The molecule has 2 heterocycles. The van der Waals surface area contributed by atoms with Gasteiger partial charge < -0.3 is 5.32 Å². The predicted octanol–water partition coefficient (Wildman–Crippen LogP) is 0.348. The van der Waals surface area contributed by atoms with E-state index in [1.807, 2.05) is 20.9 Å². The first-order valence-electron chi connectivity index (χ1n) is 6.88. The Hall–Kier alpha value is -1.43. The summed E-state index contributed by atoms with van der Waals surface area (Å²) in [6, 6.07) is 0. The van der Waals surface area contributed by atoms with E-state index in [9.17, 15) is 4.79 Å². The fourth-order valence-corrected chi connectivity index (χ4v) is 2.47. The van der Waals surface area contributed by atoms with Crippen LogP contribution in [-0.2, 0) is 18.3 Å². The molecule has 0 spiro atoms. The van der Waals surface area contributed by atoms with E-state index in [1.165, 1.54) is 19.2 Å². The van der Waals surface area contributed by atoms with Gasteiger partial charge in [0.2, 0.25) is 5.91 Å². The van der Waals surface area contributed by atoms with Gasteiger partial charge in [-0.05, 0) is 39.8 Å². The summed E-state index contributed by atoms with van der Waals surface area (Å²) >= 11 is 0. The monoisotopic (exact) mass is 265 g/mol. The van der Waals surface area contributed by atoms with Gasteiger partial charge in [0, 0.05) is 20.0 Å². The second kappa shape index (κ2) is 5.69. The first-order valence-corrected chi connectivity index (χ1v) is 6.88. The van der Waals surface area contributed by atoms with Crippen LogP contribution in [0.5, 0.6) is 0 Å². The highest BCUT2D eigenvalue weighted by Crippen LogP contribution is 2.20. The van der Waals surface area contributed by atoms with Crippen molar-refractivity contribution in [3.05, 3.63) is 12.2 Å². The van der Waals surface area contributed by atoms with Crippen molar-refractivity contribution in [2.75, 3.05) is 19.6 Å². The number of nitrogens with one attached hydrogen (secondary N) is 1. The average Bonchev–Trinajstić information content (AvgIpc) is 3.01. The van der Waals surface area contributed by atoms with Crippen molar-refractivity contribution < 1.29 is 4.79 Å². The van der Waals surface area contributed by atoms with E-state index < -0.39 is 5.54 Å². The number of carbonyl (C=O) groups is 1. The number of likely N-dealkylation sites (tertiary alicyclic amines) is 1. The summed E-state index contributed by atoms with van der Waals surface area (Å²) in [5.74, 6) is 0.982. The van der Waals surface area contributed by atoms with Gasteiger partial charge in [0.1, 0.15) is 12.2 Å². The molecular weight excluding hydrogens is 242 g/mol. The number of carbonyl (C=O) groups excluding carboxylic acids is 1. The van der Waals surface area contributed by atoms with Crippen molar-refractivity contribution in [3.63, 3.8) is 0 Å². The molecule has 0 bridgehead atoms. The first-order chi connectivity index (χ1) is 9.01. The van der Waals surface area contributed by atoms with Gasteiger partial charge in [-0.1, -0.05) is 0 Å². The zero-order chi connectivity index (χ0) is 13.9. The van der Waals surface area contributed by atoms with Crippen molar-refractivity contribution in [2.45, 2.75) is 38.6 Å². The lowest BCUT2D eigenvalue weighted by Crippen LogP contribution is -2.54. The number of aromatic nitrogens is 3. The van der Waals surface area contributed by atoms with Crippen LogP contribution < -0.4 is 5.32 Å². The fourth-order valence-electron chi connectivity index (χ4n) is 2.47. The molecule has 1 aromatic heterocycles. The minimum absolute atomic E-state index is 0.0940. The number of nitrogens with zero attached hydrogens (tertiary/aromatic N) is 4. The van der Waals surface area contributed by atoms with E-state index in [-0.39, 0.29) is 5.91 Å². The topological polar surface area (TPSA) is 63.1 Å². The van der Waals surface area contributed by atoms with Crippen LogP contribution in [0.4, 0.5) is 0 Å². The molecule has 1 N–H and O–H groups in total. The van der Waals surface area contributed by atoms with Gasteiger partial charge in [0.15, 0.2) is 0 Å². The Bertz CT molecular complexity index is 434. The molecule has 1 aromatic rings. The highest BCUT2D eigenvalue weighted by atomic mass is 16.2. The maximum Gasteiger partial charge on any atom is 0.239 e. The summed E-state index contributed by atoms with van der Waals surface area (Å²) < 4.78 is 1.73. The third-order valence-corrected chi connectivity index (χ3v) is 3.89. The lowest BCUT2D eigenvalue weighted by molar-refractivity contribution is -0.131. The molecule has 0 unspecified atom stereocenters. The van der Waals surface area contributed by atoms with Crippen LogP contribution >= 0.6 is 0 Å². The Kier molecular flexibility index (Phi) is 4.19. The van der Waals surface area contributed by atoms with E-state index in [2.05, 4.69) is 20.3 Å². The van der Waals surface area contributed by atoms with Crippen LogP contribution in [0.3, 0.4) is 0 Å². The molecule has 1 aliphatic rings. The molecule has 0 saturated carbocycles. The fraction of sp³-hybridized carbons (Fsp3) is 0.769. The molecular formula is C13H23N5O. The number of aryl methyl sites for hydroxylation is 1. The number of hydrogen-bond donors (Lipinski definition) is 1. The van der Waals surface area contributed by atoms with Gasteiger partial charge in [-0.3, -0.25) is 14.4 Å². The van der Waals surface area contributed by atoms with Gasteiger partial charge in [0.05, 0.1) is 5.54 Å². The summed E-state index contributed by atoms with van der Waals surface area (Å²) in [7, 11) is 1.86. The SMILES string of the molecule is Cn1ncnc1CCNC(=O)C(C)(C)N1CCCC1. The quantitative estimate of drug-likeness (QED) is 0.834. The molecule has 0 aliphatic carbocycles. The Labute approximate surface area is 114 Å². The van der Waals surface area contributed by atoms with Crippen LogP contribution in [0, 0.1) is 0 Å². The van der Waals surface area contributed by atoms with Gasteiger partial charge in [-0.25, -0.2) is 4.98 Å². The van der Waals surface area contributed by atoms with Gasteiger partial charge in [0.25, 0.3) is 0 Å². The van der Waals surface area contributed by atoms with Crippen molar-refractivity contribution >= 4 is 5.91 Å². The Balaban J connectivity index is 1.82. The lowest BCUT2D eigenvalue weighted by Gasteiger charge is -2.33. The van der Waals surface area contributed by atoms with Gasteiger partial charge >= 0.3 is 0 Å². The second-order valence-electron chi connectivity index (χ2n) is 5.56. The van der Waals surface area contributed by atoms with Crippen LogP contribution in [0.25, 0.3) is 0 Å². The van der Waals surface area contributed by atoms with Crippen molar-refractivity contribution in [1.82, 2.24) is 25.0 Å². The summed E-state index contributed by atoms with van der Waals surface area (Å²) in [6.07, 6.45) is 4.62. The summed E-state index contributed by atoms with van der Waals surface area (Å²) in [6.45, 7) is 6.63. The largest absolute Gasteiger partial charge is 0.354 e. The van der Waals surface area contributed by atoms with Gasteiger partial charge in [-0.2, -0.15) is 5.10 Å². The number of hydrogen-bond acceptors (Lipinski definition) is 4. The van der Waals surface area contributed by atoms with E-state index in [0.29, 0.717) is 13.0 Å². The number of rotatable bonds is 5. The number of amides is 1. The van der Waals surface area contributed by atoms with Crippen molar-refractivity contribution in [3.8, 4) is 0 Å². The molecule has 0 aromatic carbocycles. The minimum Gasteiger partial charge on any atom is -0.354 e. The summed E-state index contributed by atoms with van der Waals surface area (Å²) in [5.41, 5.74) is -0.420. The Morgan fingerprint density at radius 2 is 2.11 bits per heavy atom. The van der Waals surface area contributed by atoms with Crippen LogP contribution in [0.2, 0.25) is 0 Å². The molecule has 0 radical (unpaired) electrons. The maximum absolute atomic E-state index is 12.3. The highest BCUT2D eigenvalue weighted by molar-refractivity contribution is 5.85. The highest BCUT2D eigenvalue weighted by Gasteiger charge is 2.35. The third-order valence-electron chi connectivity index (χ3n) is 3.89. The zero-order valence-corrected chi connectivity index (χ0v) is 12.0. The smallest absolute Gasteiger partial charge is 0.239 e. The molecule has 1 fully saturated rings. The Morgan fingerprint density at radius 3 is 2.68 bits per heavy atom. The van der Waals surface area contributed by atoms with E-state index in [0.717, 1.165) is 18.9 Å². The Morgan fingerprint density at radius 1 is 1.42 bits per heavy atom. The molecule has 1 aliphatic heterocycles. The second-order valence-corrected chi connectivity index (χ2v) is 5.56. The average molecular weight is 265 g/mol. The molecule has 6 nitrogen and oxygen atoms in total. The minimum atomic E-state index is -0.420. The maximum atomic E-state index is 12.3. The third kappa shape index (κ3) is 3.12. The molecule has 1 amide bonds. The first kappa shape index (κ1) is 14.0. The summed E-state index contributed by atoms with van der Waals surface area (Å²) in [5, 5.41) is 7.01. The van der Waals surface area contributed by atoms with Crippen LogP contribution in [-0.4, -0.2) is 50.7 Å².